The Balaban J connectivity index is 2.14. The summed E-state index contributed by atoms with van der Waals surface area (Å²) >= 11 is 0. The van der Waals surface area contributed by atoms with Gasteiger partial charge in [-0.2, -0.15) is 10.4 Å². The van der Waals surface area contributed by atoms with E-state index in [0.29, 0.717) is 17.8 Å². The average Bonchev–Trinajstić information content (AvgIpc) is 2.81. The van der Waals surface area contributed by atoms with E-state index < -0.39 is 0 Å². The molecule has 0 bridgehead atoms. The molecule has 0 spiro atoms. The van der Waals surface area contributed by atoms with Crippen molar-refractivity contribution in [2.45, 2.75) is 52.0 Å². The van der Waals surface area contributed by atoms with Crippen LogP contribution in [0.15, 0.2) is 18.0 Å². The summed E-state index contributed by atoms with van der Waals surface area (Å²) in [5, 5.41) is 16.6. The lowest BCUT2D eigenvalue weighted by Gasteiger charge is -2.16. The number of nitriles is 1. The summed E-state index contributed by atoms with van der Waals surface area (Å²) in [7, 11) is 0. The molecule has 0 atom stereocenters. The molecule has 0 saturated heterocycles. The molecular weight excluding hydrogens is 252 g/mol. The first-order valence-corrected chi connectivity index (χ1v) is 7.21. The molecule has 1 aliphatic rings. The maximum atomic E-state index is 11.4. The number of aryl methyl sites for hydroxylation is 1. The largest absolute Gasteiger partial charge is 0.343 e. The van der Waals surface area contributed by atoms with Crippen LogP contribution in [-0.2, 0) is 11.3 Å². The van der Waals surface area contributed by atoms with Gasteiger partial charge in [0.15, 0.2) is 5.78 Å². The van der Waals surface area contributed by atoms with Crippen LogP contribution < -0.4 is 5.32 Å². The number of unbranched alkanes of at least 4 members (excludes halogenated alkanes) is 2. The van der Waals surface area contributed by atoms with Crippen LogP contribution >= 0.6 is 0 Å². The van der Waals surface area contributed by atoms with Gasteiger partial charge in [0.2, 0.25) is 0 Å². The number of hydrogen-bond donors (Lipinski definition) is 1. The van der Waals surface area contributed by atoms with Gasteiger partial charge in [0, 0.05) is 24.7 Å². The van der Waals surface area contributed by atoms with Crippen molar-refractivity contribution in [1.29, 1.82) is 5.26 Å². The molecule has 106 valence electrons. The number of nitrogens with one attached hydrogen (secondary N) is 1. The minimum atomic E-state index is 0.148. The fourth-order valence-corrected chi connectivity index (χ4v) is 2.32. The van der Waals surface area contributed by atoms with Crippen molar-refractivity contribution in [3.63, 3.8) is 0 Å². The van der Waals surface area contributed by atoms with Crippen LogP contribution in [-0.4, -0.2) is 15.6 Å². The standard InChI is InChI=1S/C15H20N4O/c1-2-3-4-8-19-15(12(10-16)11-17-19)18-13-6-5-7-14(20)9-13/h9,11,18H,2-8H2,1H3. The van der Waals surface area contributed by atoms with Gasteiger partial charge in [0.05, 0.1) is 6.20 Å². The van der Waals surface area contributed by atoms with Crippen molar-refractivity contribution >= 4 is 11.6 Å². The van der Waals surface area contributed by atoms with E-state index in [1.807, 2.05) is 4.68 Å². The number of rotatable bonds is 6. The highest BCUT2D eigenvalue weighted by Crippen LogP contribution is 2.22. The topological polar surface area (TPSA) is 70.7 Å². The lowest BCUT2D eigenvalue weighted by molar-refractivity contribution is -0.115. The predicted molar refractivity (Wildman–Crippen MR) is 77.0 cm³/mol. The molecule has 0 aliphatic heterocycles. The highest BCUT2D eigenvalue weighted by Gasteiger charge is 2.15. The Bertz CT molecular complexity index is 551. The summed E-state index contributed by atoms with van der Waals surface area (Å²) in [5.74, 6) is 0.860. The van der Waals surface area contributed by atoms with E-state index in [1.165, 1.54) is 0 Å². The third-order valence-electron chi connectivity index (χ3n) is 3.42. The van der Waals surface area contributed by atoms with Crippen LogP contribution in [0.2, 0.25) is 0 Å². The highest BCUT2D eigenvalue weighted by molar-refractivity contribution is 5.91. The fourth-order valence-electron chi connectivity index (χ4n) is 2.32. The second kappa shape index (κ2) is 6.90. The fraction of sp³-hybridized carbons (Fsp3) is 0.533. The molecule has 5 nitrogen and oxygen atoms in total. The summed E-state index contributed by atoms with van der Waals surface area (Å²) < 4.78 is 1.83. The van der Waals surface area contributed by atoms with Crippen molar-refractivity contribution < 1.29 is 4.79 Å². The van der Waals surface area contributed by atoms with E-state index in [9.17, 15) is 4.79 Å². The minimum absolute atomic E-state index is 0.148. The summed E-state index contributed by atoms with van der Waals surface area (Å²) in [6, 6.07) is 2.15. The zero-order valence-electron chi connectivity index (χ0n) is 11.9. The number of carbonyl (C=O) groups excluding carboxylic acids is 1. The van der Waals surface area contributed by atoms with Crippen LogP contribution in [0.5, 0.6) is 0 Å². The maximum Gasteiger partial charge on any atom is 0.157 e. The van der Waals surface area contributed by atoms with E-state index in [0.717, 1.165) is 44.3 Å². The molecule has 0 saturated carbocycles. The molecular formula is C15H20N4O. The van der Waals surface area contributed by atoms with Crippen molar-refractivity contribution in [2.75, 3.05) is 5.32 Å². The number of nitrogens with zero attached hydrogens (tertiary/aromatic N) is 3. The van der Waals surface area contributed by atoms with Gasteiger partial charge in [-0.25, -0.2) is 4.68 Å². The quantitative estimate of drug-likeness (QED) is 0.808. The molecule has 5 heteroatoms. The van der Waals surface area contributed by atoms with Gasteiger partial charge in [-0.3, -0.25) is 4.79 Å². The number of carbonyl (C=O) groups is 1. The van der Waals surface area contributed by atoms with Gasteiger partial charge in [0.1, 0.15) is 17.5 Å². The molecule has 0 aromatic carbocycles. The van der Waals surface area contributed by atoms with Crippen LogP contribution in [0.25, 0.3) is 0 Å². The van der Waals surface area contributed by atoms with Gasteiger partial charge in [-0.05, 0) is 19.3 Å². The highest BCUT2D eigenvalue weighted by atomic mass is 16.1. The molecule has 1 aromatic heterocycles. The Hall–Kier alpha value is -2.09. The lowest BCUT2D eigenvalue weighted by Crippen LogP contribution is -2.13. The second-order valence-electron chi connectivity index (χ2n) is 5.06. The van der Waals surface area contributed by atoms with Crippen LogP contribution in [0.4, 0.5) is 5.82 Å². The van der Waals surface area contributed by atoms with Gasteiger partial charge < -0.3 is 5.32 Å². The molecule has 0 unspecified atom stereocenters. The number of ketones is 1. The van der Waals surface area contributed by atoms with Crippen molar-refractivity contribution in [2.24, 2.45) is 0 Å². The number of hydrogen-bond acceptors (Lipinski definition) is 4. The Morgan fingerprint density at radius 2 is 2.30 bits per heavy atom. The lowest BCUT2D eigenvalue weighted by atomic mass is 10.0. The van der Waals surface area contributed by atoms with Crippen LogP contribution in [0.3, 0.4) is 0 Å². The zero-order valence-corrected chi connectivity index (χ0v) is 11.9. The SMILES string of the molecule is CCCCCn1ncc(C#N)c1NC1=CC(=O)CCC1. The third kappa shape index (κ3) is 3.47. The van der Waals surface area contributed by atoms with Gasteiger partial charge in [-0.15, -0.1) is 0 Å². The first-order valence-electron chi connectivity index (χ1n) is 7.21. The summed E-state index contributed by atoms with van der Waals surface area (Å²) in [6.45, 7) is 2.94. The Kier molecular flexibility index (Phi) is 4.94. The maximum absolute atomic E-state index is 11.4. The van der Waals surface area contributed by atoms with Crippen molar-refractivity contribution in [3.8, 4) is 6.07 Å². The first-order chi connectivity index (χ1) is 9.74. The molecule has 1 aliphatic carbocycles. The average molecular weight is 272 g/mol. The van der Waals surface area contributed by atoms with E-state index in [4.69, 9.17) is 5.26 Å². The molecule has 1 N–H and O–H groups in total. The van der Waals surface area contributed by atoms with Crippen molar-refractivity contribution in [1.82, 2.24) is 9.78 Å². The van der Waals surface area contributed by atoms with E-state index in [2.05, 4.69) is 23.4 Å². The Morgan fingerprint density at radius 3 is 3.00 bits per heavy atom. The molecule has 20 heavy (non-hydrogen) atoms. The second-order valence-corrected chi connectivity index (χ2v) is 5.06. The summed E-state index contributed by atoms with van der Waals surface area (Å²) in [6.07, 6.45) is 8.88. The van der Waals surface area contributed by atoms with E-state index in [1.54, 1.807) is 12.3 Å². The van der Waals surface area contributed by atoms with Crippen LogP contribution in [0.1, 0.15) is 51.0 Å². The van der Waals surface area contributed by atoms with Crippen LogP contribution in [0, 0.1) is 11.3 Å². The molecule has 2 rings (SSSR count). The zero-order chi connectivity index (χ0) is 14.4. The molecule has 0 radical (unpaired) electrons. The summed E-state index contributed by atoms with van der Waals surface area (Å²) in [5.41, 5.74) is 1.41. The molecule has 1 aromatic rings. The summed E-state index contributed by atoms with van der Waals surface area (Å²) in [4.78, 5) is 11.4. The van der Waals surface area contributed by atoms with Crippen molar-refractivity contribution in [3.05, 3.63) is 23.5 Å². The van der Waals surface area contributed by atoms with Gasteiger partial charge in [-0.1, -0.05) is 19.8 Å². The normalized spacial score (nSPS) is 14.8. The molecule has 0 amide bonds. The van der Waals surface area contributed by atoms with Gasteiger partial charge in [0.25, 0.3) is 0 Å². The third-order valence-corrected chi connectivity index (χ3v) is 3.42. The number of anilines is 1. The van der Waals surface area contributed by atoms with Gasteiger partial charge >= 0.3 is 0 Å². The predicted octanol–water partition coefficient (Wildman–Crippen LogP) is 2.99. The minimum Gasteiger partial charge on any atom is -0.343 e. The Labute approximate surface area is 119 Å². The van der Waals surface area contributed by atoms with E-state index >= 15 is 0 Å². The number of aromatic nitrogens is 2. The molecule has 0 fully saturated rings. The number of allylic oxidation sites excluding steroid dienone is 2. The Morgan fingerprint density at radius 1 is 1.45 bits per heavy atom. The van der Waals surface area contributed by atoms with E-state index in [-0.39, 0.29) is 5.78 Å². The molecule has 1 heterocycles. The smallest absolute Gasteiger partial charge is 0.157 e. The first kappa shape index (κ1) is 14.3. The monoisotopic (exact) mass is 272 g/mol.